The van der Waals surface area contributed by atoms with Gasteiger partial charge in [-0.3, -0.25) is 0 Å². The number of nitrogens with zero attached hydrogens (tertiary/aromatic N) is 2. The summed E-state index contributed by atoms with van der Waals surface area (Å²) in [5, 5.41) is 18.6. The van der Waals surface area contributed by atoms with Gasteiger partial charge in [0, 0.05) is 0 Å². The Morgan fingerprint density at radius 2 is 1.47 bits per heavy atom. The topological polar surface area (TPSA) is 45.0 Å². The van der Waals surface area contributed by atoms with Crippen molar-refractivity contribution in [3.05, 3.63) is 51.0 Å². The van der Waals surface area contributed by atoms with Crippen molar-refractivity contribution in [2.24, 2.45) is 10.2 Å². The first kappa shape index (κ1) is 14.1. The van der Waals surface area contributed by atoms with Gasteiger partial charge in [0.05, 0.1) is 15.1 Å². The van der Waals surface area contributed by atoms with E-state index in [9.17, 15) is 5.11 Å². The van der Waals surface area contributed by atoms with Crippen LogP contribution in [0.15, 0.2) is 40.6 Å². The van der Waals surface area contributed by atoms with E-state index in [1.165, 1.54) is 12.1 Å². The molecule has 0 bridgehead atoms. The molecule has 0 spiro atoms. The monoisotopic (exact) mass is 314 g/mol. The normalized spacial score (nSPS) is 11.2. The predicted octanol–water partition coefficient (Wildman–Crippen LogP) is 6.08. The van der Waals surface area contributed by atoms with E-state index in [1.54, 1.807) is 18.2 Å². The minimum Gasteiger partial charge on any atom is -0.506 e. The van der Waals surface area contributed by atoms with Gasteiger partial charge in [0.1, 0.15) is 17.1 Å². The Labute approximate surface area is 125 Å². The summed E-state index contributed by atoms with van der Waals surface area (Å²) in [5.41, 5.74) is 1.71. The van der Waals surface area contributed by atoms with Crippen LogP contribution in [0.2, 0.25) is 15.1 Å². The molecule has 2 aromatic rings. The first-order chi connectivity index (χ1) is 8.97. The molecule has 98 valence electrons. The fourth-order valence-corrected chi connectivity index (χ4v) is 1.99. The lowest BCUT2D eigenvalue weighted by Gasteiger charge is -2.02. The number of hydrogen-bond donors (Lipinski definition) is 1. The summed E-state index contributed by atoms with van der Waals surface area (Å²) in [6, 6.07) is 8.06. The lowest BCUT2D eigenvalue weighted by atomic mass is 10.2. The zero-order chi connectivity index (χ0) is 14.0. The molecule has 0 aliphatic heterocycles. The molecule has 0 heterocycles. The molecule has 0 unspecified atom stereocenters. The number of azo groups is 1. The highest BCUT2D eigenvalue weighted by atomic mass is 35.5. The molecule has 0 aliphatic rings. The summed E-state index contributed by atoms with van der Waals surface area (Å²) in [5.74, 6) is 0.0468. The molecule has 2 rings (SSSR count). The van der Waals surface area contributed by atoms with E-state index in [1.807, 2.05) is 6.92 Å². The van der Waals surface area contributed by atoms with Gasteiger partial charge in [-0.15, -0.1) is 10.2 Å². The van der Waals surface area contributed by atoms with Crippen LogP contribution in [-0.4, -0.2) is 5.11 Å². The van der Waals surface area contributed by atoms with Crippen LogP contribution in [0.1, 0.15) is 5.56 Å². The summed E-state index contributed by atoms with van der Waals surface area (Å²) in [6.45, 7) is 1.89. The lowest BCUT2D eigenvalue weighted by molar-refractivity contribution is 0.476. The van der Waals surface area contributed by atoms with Crippen LogP contribution in [0, 0.1) is 6.92 Å². The van der Waals surface area contributed by atoms with Crippen LogP contribution < -0.4 is 0 Å². The second kappa shape index (κ2) is 5.78. The summed E-state index contributed by atoms with van der Waals surface area (Å²) in [4.78, 5) is 0. The highest BCUT2D eigenvalue weighted by Crippen LogP contribution is 2.36. The van der Waals surface area contributed by atoms with Crippen LogP contribution >= 0.6 is 34.8 Å². The van der Waals surface area contributed by atoms with Gasteiger partial charge in [0.2, 0.25) is 0 Å². The van der Waals surface area contributed by atoms with Gasteiger partial charge in [-0.05, 0) is 36.8 Å². The van der Waals surface area contributed by atoms with Crippen molar-refractivity contribution in [3.63, 3.8) is 0 Å². The standard InChI is InChI=1S/C13H9Cl3N2O/c1-7-2-3-13(19)12(4-7)18-17-11-6-9(15)8(14)5-10(11)16/h2-6,19H,1H3. The number of aromatic hydroxyl groups is 1. The van der Waals surface area contributed by atoms with Crippen molar-refractivity contribution >= 4 is 46.2 Å². The van der Waals surface area contributed by atoms with E-state index >= 15 is 0 Å². The van der Waals surface area contributed by atoms with Gasteiger partial charge in [0.15, 0.2) is 0 Å². The molecule has 0 fully saturated rings. The number of phenols is 1. The van der Waals surface area contributed by atoms with Crippen molar-refractivity contribution in [1.82, 2.24) is 0 Å². The number of rotatable bonds is 2. The molecule has 1 N–H and O–H groups in total. The second-order valence-electron chi connectivity index (χ2n) is 3.91. The van der Waals surface area contributed by atoms with Crippen LogP contribution in [0.4, 0.5) is 11.4 Å². The van der Waals surface area contributed by atoms with E-state index in [2.05, 4.69) is 10.2 Å². The maximum atomic E-state index is 9.65. The molecular formula is C13H9Cl3N2O. The third kappa shape index (κ3) is 3.38. The van der Waals surface area contributed by atoms with Crippen molar-refractivity contribution in [1.29, 1.82) is 0 Å². The number of phenolic OH excluding ortho intramolecular Hbond substituents is 1. The molecule has 3 nitrogen and oxygen atoms in total. The highest BCUT2D eigenvalue weighted by molar-refractivity contribution is 6.43. The van der Waals surface area contributed by atoms with Crippen molar-refractivity contribution in [2.75, 3.05) is 0 Å². The molecule has 0 aliphatic carbocycles. The maximum absolute atomic E-state index is 9.65. The van der Waals surface area contributed by atoms with Crippen molar-refractivity contribution in [2.45, 2.75) is 6.92 Å². The smallest absolute Gasteiger partial charge is 0.143 e. The number of halogens is 3. The van der Waals surface area contributed by atoms with Gasteiger partial charge < -0.3 is 5.11 Å². The van der Waals surface area contributed by atoms with E-state index in [0.717, 1.165) is 5.56 Å². The van der Waals surface area contributed by atoms with Gasteiger partial charge in [0.25, 0.3) is 0 Å². The fraction of sp³-hybridized carbons (Fsp3) is 0.0769. The molecule has 0 atom stereocenters. The maximum Gasteiger partial charge on any atom is 0.143 e. The van der Waals surface area contributed by atoms with Crippen LogP contribution in [-0.2, 0) is 0 Å². The van der Waals surface area contributed by atoms with Crippen molar-refractivity contribution < 1.29 is 5.11 Å². The van der Waals surface area contributed by atoms with Gasteiger partial charge in [-0.1, -0.05) is 40.9 Å². The molecule has 0 saturated heterocycles. The summed E-state index contributed by atoms with van der Waals surface area (Å²) in [6.07, 6.45) is 0. The Balaban J connectivity index is 2.38. The van der Waals surface area contributed by atoms with E-state index < -0.39 is 0 Å². The Morgan fingerprint density at radius 3 is 2.21 bits per heavy atom. The van der Waals surface area contributed by atoms with Crippen LogP contribution in [0.5, 0.6) is 5.75 Å². The molecule has 6 heteroatoms. The van der Waals surface area contributed by atoms with Crippen molar-refractivity contribution in [3.8, 4) is 5.75 Å². The minimum atomic E-state index is 0.0468. The minimum absolute atomic E-state index is 0.0468. The molecule has 0 amide bonds. The summed E-state index contributed by atoms with van der Waals surface area (Å²) < 4.78 is 0. The van der Waals surface area contributed by atoms with E-state index in [-0.39, 0.29) is 5.75 Å². The largest absolute Gasteiger partial charge is 0.506 e. The lowest BCUT2D eigenvalue weighted by Crippen LogP contribution is -1.74. The average molecular weight is 316 g/mol. The molecule has 19 heavy (non-hydrogen) atoms. The van der Waals surface area contributed by atoms with Gasteiger partial charge in [-0.2, -0.15) is 0 Å². The predicted molar refractivity (Wildman–Crippen MR) is 78.5 cm³/mol. The third-order valence-corrected chi connectivity index (χ3v) is 3.41. The Morgan fingerprint density at radius 1 is 0.842 bits per heavy atom. The quantitative estimate of drug-likeness (QED) is 0.530. The number of aryl methyl sites for hydroxylation is 1. The van der Waals surface area contributed by atoms with Crippen LogP contribution in [0.25, 0.3) is 0 Å². The molecular weight excluding hydrogens is 307 g/mol. The van der Waals surface area contributed by atoms with Gasteiger partial charge in [-0.25, -0.2) is 0 Å². The summed E-state index contributed by atoms with van der Waals surface area (Å²) in [7, 11) is 0. The zero-order valence-corrected chi connectivity index (χ0v) is 12.1. The molecule has 2 aromatic carbocycles. The van der Waals surface area contributed by atoms with E-state index in [0.29, 0.717) is 26.4 Å². The van der Waals surface area contributed by atoms with E-state index in [4.69, 9.17) is 34.8 Å². The Bertz CT molecular complexity index is 657. The van der Waals surface area contributed by atoms with Crippen LogP contribution in [0.3, 0.4) is 0 Å². The Kier molecular flexibility index (Phi) is 4.30. The average Bonchev–Trinajstić information content (AvgIpc) is 2.36. The number of hydrogen-bond acceptors (Lipinski definition) is 3. The summed E-state index contributed by atoms with van der Waals surface area (Å²) >= 11 is 17.7. The zero-order valence-electron chi connectivity index (χ0n) is 9.86. The fourth-order valence-electron chi connectivity index (χ4n) is 1.41. The first-order valence-electron chi connectivity index (χ1n) is 5.33. The second-order valence-corrected chi connectivity index (χ2v) is 5.13. The number of benzene rings is 2. The first-order valence-corrected chi connectivity index (χ1v) is 6.46. The molecule has 0 aromatic heterocycles. The Hall–Kier alpha value is -1.29. The third-order valence-electron chi connectivity index (χ3n) is 2.39. The molecule has 0 saturated carbocycles. The van der Waals surface area contributed by atoms with Gasteiger partial charge >= 0.3 is 0 Å². The SMILES string of the molecule is Cc1ccc(O)c(N=Nc2cc(Cl)c(Cl)cc2Cl)c1. The highest BCUT2D eigenvalue weighted by Gasteiger charge is 2.06. The molecule has 0 radical (unpaired) electrons.